The highest BCUT2D eigenvalue weighted by atomic mass is 32.1. The van der Waals surface area contributed by atoms with Crippen molar-refractivity contribution in [3.63, 3.8) is 0 Å². The highest BCUT2D eigenvalue weighted by molar-refractivity contribution is 7.12. The van der Waals surface area contributed by atoms with Crippen LogP contribution in [-0.2, 0) is 0 Å². The van der Waals surface area contributed by atoms with Crippen LogP contribution < -0.4 is 0 Å². The highest BCUT2D eigenvalue weighted by Gasteiger charge is 2.11. The second kappa shape index (κ2) is 7.58. The maximum Gasteiger partial charge on any atom is 0.172 e. The molecular weight excluding hydrogens is 234 g/mol. The van der Waals surface area contributed by atoms with Crippen LogP contribution in [0.1, 0.15) is 36.4 Å². The SMILES string of the molecule is CC(C)N(CCO)CCCC(=O)c1cccs1. The van der Waals surface area contributed by atoms with E-state index in [4.69, 9.17) is 5.11 Å². The molecule has 4 heteroatoms. The third kappa shape index (κ3) is 4.98. The van der Waals surface area contributed by atoms with E-state index in [0.717, 1.165) is 17.8 Å². The molecule has 0 bridgehead atoms. The van der Waals surface area contributed by atoms with Crippen molar-refractivity contribution in [1.82, 2.24) is 4.90 Å². The lowest BCUT2D eigenvalue weighted by Crippen LogP contribution is -2.34. The van der Waals surface area contributed by atoms with Gasteiger partial charge in [0.05, 0.1) is 11.5 Å². The van der Waals surface area contributed by atoms with E-state index in [2.05, 4.69) is 18.7 Å². The minimum atomic E-state index is 0.178. The maximum atomic E-state index is 11.8. The molecule has 0 unspecified atom stereocenters. The molecule has 0 amide bonds. The minimum Gasteiger partial charge on any atom is -0.395 e. The van der Waals surface area contributed by atoms with Gasteiger partial charge in [0.25, 0.3) is 0 Å². The van der Waals surface area contributed by atoms with Crippen molar-refractivity contribution in [3.05, 3.63) is 22.4 Å². The minimum absolute atomic E-state index is 0.178. The van der Waals surface area contributed by atoms with E-state index in [-0.39, 0.29) is 12.4 Å². The monoisotopic (exact) mass is 255 g/mol. The van der Waals surface area contributed by atoms with Crippen LogP contribution in [0.2, 0.25) is 0 Å². The summed E-state index contributed by atoms with van der Waals surface area (Å²) < 4.78 is 0. The lowest BCUT2D eigenvalue weighted by molar-refractivity contribution is 0.0972. The summed E-state index contributed by atoms with van der Waals surface area (Å²) in [5.41, 5.74) is 0. The van der Waals surface area contributed by atoms with Gasteiger partial charge in [-0.15, -0.1) is 11.3 Å². The average molecular weight is 255 g/mol. The Bertz CT molecular complexity index is 322. The van der Waals surface area contributed by atoms with Gasteiger partial charge in [0.15, 0.2) is 5.78 Å². The molecule has 0 fully saturated rings. The Kier molecular flexibility index (Phi) is 6.40. The molecule has 1 heterocycles. The molecule has 17 heavy (non-hydrogen) atoms. The largest absolute Gasteiger partial charge is 0.395 e. The van der Waals surface area contributed by atoms with E-state index in [0.29, 0.717) is 19.0 Å². The molecule has 0 saturated carbocycles. The highest BCUT2D eigenvalue weighted by Crippen LogP contribution is 2.12. The normalized spacial score (nSPS) is 11.4. The smallest absolute Gasteiger partial charge is 0.172 e. The summed E-state index contributed by atoms with van der Waals surface area (Å²) in [5.74, 6) is 0.229. The molecule has 0 atom stereocenters. The number of aliphatic hydroxyl groups is 1. The summed E-state index contributed by atoms with van der Waals surface area (Å²) in [4.78, 5) is 14.8. The first-order valence-corrected chi connectivity index (χ1v) is 6.94. The van der Waals surface area contributed by atoms with Gasteiger partial charge in [-0.05, 0) is 38.3 Å². The van der Waals surface area contributed by atoms with Crippen LogP contribution in [0.5, 0.6) is 0 Å². The van der Waals surface area contributed by atoms with Gasteiger partial charge < -0.3 is 5.11 Å². The van der Waals surface area contributed by atoms with Crippen molar-refractivity contribution in [2.75, 3.05) is 19.7 Å². The first-order valence-electron chi connectivity index (χ1n) is 6.06. The standard InChI is InChI=1S/C13H21NO2S/c1-11(2)14(8-9-15)7-3-5-12(16)13-6-4-10-17-13/h4,6,10-11,15H,3,5,7-9H2,1-2H3. The second-order valence-electron chi connectivity index (χ2n) is 4.36. The van der Waals surface area contributed by atoms with Crippen LogP contribution in [0.15, 0.2) is 17.5 Å². The first-order chi connectivity index (χ1) is 8.15. The zero-order valence-electron chi connectivity index (χ0n) is 10.6. The summed E-state index contributed by atoms with van der Waals surface area (Å²) in [6.07, 6.45) is 1.45. The van der Waals surface area contributed by atoms with Crippen LogP contribution >= 0.6 is 11.3 Å². The Morgan fingerprint density at radius 1 is 1.47 bits per heavy atom. The number of Topliss-reactive ketones (excluding diaryl/α,β-unsaturated/α-hetero) is 1. The van der Waals surface area contributed by atoms with Crippen molar-refractivity contribution in [2.45, 2.75) is 32.7 Å². The Morgan fingerprint density at radius 3 is 2.76 bits per heavy atom. The molecule has 0 aliphatic carbocycles. The number of nitrogens with zero attached hydrogens (tertiary/aromatic N) is 1. The van der Waals surface area contributed by atoms with E-state index in [1.807, 2.05) is 17.5 Å². The number of thiophene rings is 1. The van der Waals surface area contributed by atoms with Crippen LogP contribution in [0.3, 0.4) is 0 Å². The van der Waals surface area contributed by atoms with Gasteiger partial charge in [-0.25, -0.2) is 0 Å². The van der Waals surface area contributed by atoms with Crippen LogP contribution in [0, 0.1) is 0 Å². The van der Waals surface area contributed by atoms with Crippen molar-refractivity contribution < 1.29 is 9.90 Å². The van der Waals surface area contributed by atoms with Gasteiger partial charge in [-0.1, -0.05) is 6.07 Å². The molecule has 0 spiro atoms. The van der Waals surface area contributed by atoms with Gasteiger partial charge >= 0.3 is 0 Å². The topological polar surface area (TPSA) is 40.5 Å². The summed E-state index contributed by atoms with van der Waals surface area (Å²) >= 11 is 1.50. The zero-order chi connectivity index (χ0) is 12.7. The number of ketones is 1. The first kappa shape index (κ1) is 14.4. The lowest BCUT2D eigenvalue weighted by Gasteiger charge is -2.25. The molecule has 0 aromatic carbocycles. The van der Waals surface area contributed by atoms with E-state index < -0.39 is 0 Å². The molecular formula is C13H21NO2S. The van der Waals surface area contributed by atoms with E-state index in [1.165, 1.54) is 11.3 Å². The fourth-order valence-electron chi connectivity index (χ4n) is 1.76. The molecule has 0 radical (unpaired) electrons. The number of aliphatic hydroxyl groups excluding tert-OH is 1. The van der Waals surface area contributed by atoms with E-state index >= 15 is 0 Å². The Labute approximate surface area is 107 Å². The van der Waals surface area contributed by atoms with Crippen LogP contribution in [-0.4, -0.2) is 41.5 Å². The molecule has 0 aliphatic heterocycles. The Balaban J connectivity index is 2.29. The van der Waals surface area contributed by atoms with Crippen LogP contribution in [0.25, 0.3) is 0 Å². The van der Waals surface area contributed by atoms with Gasteiger partial charge in [0.1, 0.15) is 0 Å². The quantitative estimate of drug-likeness (QED) is 0.725. The molecule has 3 nitrogen and oxygen atoms in total. The summed E-state index contributed by atoms with van der Waals surface area (Å²) in [6, 6.07) is 4.20. The average Bonchev–Trinajstić information content (AvgIpc) is 2.81. The van der Waals surface area contributed by atoms with Crippen molar-refractivity contribution in [3.8, 4) is 0 Å². The summed E-state index contributed by atoms with van der Waals surface area (Å²) in [6.45, 7) is 5.95. The molecule has 0 aliphatic rings. The van der Waals surface area contributed by atoms with Crippen molar-refractivity contribution in [2.24, 2.45) is 0 Å². The third-order valence-electron chi connectivity index (χ3n) is 2.76. The summed E-state index contributed by atoms with van der Waals surface area (Å²) in [7, 11) is 0. The zero-order valence-corrected chi connectivity index (χ0v) is 11.4. The molecule has 0 saturated heterocycles. The van der Waals surface area contributed by atoms with Crippen molar-refractivity contribution >= 4 is 17.1 Å². The number of carbonyl (C=O) groups is 1. The van der Waals surface area contributed by atoms with E-state index in [9.17, 15) is 4.79 Å². The molecule has 1 aromatic heterocycles. The molecule has 1 N–H and O–H groups in total. The Hall–Kier alpha value is -0.710. The molecule has 1 aromatic rings. The van der Waals surface area contributed by atoms with Gasteiger partial charge in [0, 0.05) is 19.0 Å². The number of rotatable bonds is 8. The van der Waals surface area contributed by atoms with Gasteiger partial charge in [-0.3, -0.25) is 9.69 Å². The Morgan fingerprint density at radius 2 is 2.24 bits per heavy atom. The van der Waals surface area contributed by atoms with E-state index in [1.54, 1.807) is 0 Å². The maximum absolute atomic E-state index is 11.8. The fourth-order valence-corrected chi connectivity index (χ4v) is 2.45. The number of hydrogen-bond acceptors (Lipinski definition) is 4. The fraction of sp³-hybridized carbons (Fsp3) is 0.615. The second-order valence-corrected chi connectivity index (χ2v) is 5.31. The number of carbonyl (C=O) groups excluding carboxylic acids is 1. The third-order valence-corrected chi connectivity index (χ3v) is 3.67. The molecule has 96 valence electrons. The van der Waals surface area contributed by atoms with Gasteiger partial charge in [0.2, 0.25) is 0 Å². The lowest BCUT2D eigenvalue weighted by atomic mass is 10.1. The van der Waals surface area contributed by atoms with Gasteiger partial charge in [-0.2, -0.15) is 0 Å². The predicted molar refractivity (Wildman–Crippen MR) is 71.7 cm³/mol. The van der Waals surface area contributed by atoms with Crippen molar-refractivity contribution in [1.29, 1.82) is 0 Å². The summed E-state index contributed by atoms with van der Waals surface area (Å²) in [5, 5.41) is 10.9. The predicted octanol–water partition coefficient (Wildman–Crippen LogP) is 2.41. The number of hydrogen-bond donors (Lipinski definition) is 1. The molecule has 1 rings (SSSR count). The van der Waals surface area contributed by atoms with Crippen LogP contribution in [0.4, 0.5) is 0 Å².